The number of carbonyl (C=O) groups is 1. The van der Waals surface area contributed by atoms with Gasteiger partial charge in [0.05, 0.1) is 11.9 Å². The van der Waals surface area contributed by atoms with Crippen molar-refractivity contribution in [2.45, 2.75) is 19.9 Å². The van der Waals surface area contributed by atoms with Gasteiger partial charge in [-0.1, -0.05) is 0 Å². The number of thioether (sulfide) groups is 1. The zero-order chi connectivity index (χ0) is 17.3. The van der Waals surface area contributed by atoms with E-state index in [0.29, 0.717) is 12.5 Å². The van der Waals surface area contributed by atoms with Gasteiger partial charge in [0.15, 0.2) is 6.04 Å². The summed E-state index contributed by atoms with van der Waals surface area (Å²) in [6.07, 6.45) is 0. The van der Waals surface area contributed by atoms with Gasteiger partial charge in [-0.05, 0) is 38.1 Å². The minimum Gasteiger partial charge on any atom is -0.488 e. The highest BCUT2D eigenvalue weighted by atomic mass is 32.2. The maximum atomic E-state index is 11.4. The van der Waals surface area contributed by atoms with Gasteiger partial charge in [0.2, 0.25) is 0 Å². The number of benzene rings is 1. The van der Waals surface area contributed by atoms with E-state index in [1.54, 1.807) is 16.7 Å². The second-order valence-electron chi connectivity index (χ2n) is 5.53. The number of primary amides is 1. The lowest BCUT2D eigenvalue weighted by Gasteiger charge is -2.22. The van der Waals surface area contributed by atoms with Crippen molar-refractivity contribution in [2.24, 2.45) is 5.73 Å². The predicted octanol–water partition coefficient (Wildman–Crippen LogP) is 2.74. The van der Waals surface area contributed by atoms with E-state index in [0.717, 1.165) is 33.1 Å². The minimum atomic E-state index is -0.944. The Balaban J connectivity index is 1.72. The number of furan rings is 1. The molecule has 1 aromatic heterocycles. The summed E-state index contributed by atoms with van der Waals surface area (Å²) in [5.41, 5.74) is 6.96. The van der Waals surface area contributed by atoms with Crippen LogP contribution in [0, 0.1) is 18.3 Å². The molecule has 1 aliphatic heterocycles. The molecule has 0 saturated carbocycles. The van der Waals surface area contributed by atoms with Crippen molar-refractivity contribution in [1.82, 2.24) is 4.90 Å². The van der Waals surface area contributed by atoms with Crippen molar-refractivity contribution in [1.29, 1.82) is 5.26 Å². The first-order valence-corrected chi connectivity index (χ1v) is 8.39. The second-order valence-corrected chi connectivity index (χ2v) is 6.57. The number of nitrogens with two attached hydrogens (primary N) is 1. The van der Waals surface area contributed by atoms with E-state index in [2.05, 4.69) is 0 Å². The first-order chi connectivity index (χ1) is 11.5. The molecule has 1 atom stereocenters. The van der Waals surface area contributed by atoms with Crippen LogP contribution < -0.4 is 10.5 Å². The molecule has 2 aromatic rings. The third-order valence-electron chi connectivity index (χ3n) is 3.90. The number of hydrogen-bond donors (Lipinski definition) is 1. The van der Waals surface area contributed by atoms with Gasteiger partial charge in [-0.15, -0.1) is 11.8 Å². The van der Waals surface area contributed by atoms with E-state index in [9.17, 15) is 4.79 Å². The van der Waals surface area contributed by atoms with Crippen LogP contribution in [0.15, 0.2) is 39.3 Å². The van der Waals surface area contributed by atoms with Crippen LogP contribution in [0.1, 0.15) is 12.7 Å². The number of nitriles is 1. The first kappa shape index (κ1) is 16.3. The molecule has 3 rings (SSSR count). The number of carbonyl (C=O) groups excluding carboxylic acids is 1. The molecule has 6 nitrogen and oxygen atoms in total. The summed E-state index contributed by atoms with van der Waals surface area (Å²) in [5.74, 6) is 1.48. The summed E-state index contributed by atoms with van der Waals surface area (Å²) in [4.78, 5) is 14.1. The first-order valence-electron chi connectivity index (χ1n) is 7.40. The SMILES string of the molecule is CC1=C(COc2ccc3oc(C)cc3c2)SCN1C(C#N)C(N)=O. The monoisotopic (exact) mass is 343 g/mol. The number of allylic oxidation sites excluding steroid dienone is 1. The molecule has 0 saturated heterocycles. The molecular formula is C17H17N3O3S. The Morgan fingerprint density at radius 3 is 3.00 bits per heavy atom. The van der Waals surface area contributed by atoms with Crippen LogP contribution in [0.3, 0.4) is 0 Å². The van der Waals surface area contributed by atoms with Crippen LogP contribution in [0.4, 0.5) is 0 Å². The van der Waals surface area contributed by atoms with Crippen LogP contribution in [0.25, 0.3) is 11.0 Å². The number of nitrogens with zero attached hydrogens (tertiary/aromatic N) is 2. The van der Waals surface area contributed by atoms with Crippen LogP contribution >= 0.6 is 11.8 Å². The molecule has 0 radical (unpaired) electrons. The largest absolute Gasteiger partial charge is 0.488 e. The lowest BCUT2D eigenvalue weighted by molar-refractivity contribution is -0.120. The molecule has 1 unspecified atom stereocenters. The van der Waals surface area contributed by atoms with Crippen molar-refractivity contribution in [3.8, 4) is 11.8 Å². The van der Waals surface area contributed by atoms with Gasteiger partial charge in [0.25, 0.3) is 5.91 Å². The summed E-state index contributed by atoms with van der Waals surface area (Å²) in [6.45, 7) is 4.16. The molecule has 0 spiro atoms. The minimum absolute atomic E-state index is 0.381. The third-order valence-corrected chi connectivity index (χ3v) is 5.07. The molecular weight excluding hydrogens is 326 g/mol. The molecule has 1 aromatic carbocycles. The predicted molar refractivity (Wildman–Crippen MR) is 92.0 cm³/mol. The fourth-order valence-corrected chi connectivity index (χ4v) is 3.71. The Labute approximate surface area is 143 Å². The van der Waals surface area contributed by atoms with Crippen molar-refractivity contribution >= 4 is 28.6 Å². The standard InChI is InChI=1S/C17H17N3O3S/c1-10-5-12-6-13(3-4-15(12)23-10)22-8-16-11(2)20(9-24-16)14(7-18)17(19)21/h3-6,14H,8-9H2,1-2H3,(H2,19,21). The lowest BCUT2D eigenvalue weighted by atomic mass is 10.2. The summed E-state index contributed by atoms with van der Waals surface area (Å²) < 4.78 is 11.4. The molecule has 124 valence electrons. The molecule has 0 aliphatic carbocycles. The van der Waals surface area contributed by atoms with E-state index in [1.165, 1.54) is 0 Å². The number of amides is 1. The molecule has 2 N–H and O–H groups in total. The third kappa shape index (κ3) is 3.05. The van der Waals surface area contributed by atoms with Crippen molar-refractivity contribution in [3.63, 3.8) is 0 Å². The Bertz CT molecular complexity index is 866. The zero-order valence-electron chi connectivity index (χ0n) is 13.4. The topological polar surface area (TPSA) is 92.5 Å². The Kier molecular flexibility index (Phi) is 4.40. The Hall–Kier alpha value is -2.59. The van der Waals surface area contributed by atoms with Gasteiger partial charge >= 0.3 is 0 Å². The maximum absolute atomic E-state index is 11.4. The highest BCUT2D eigenvalue weighted by Gasteiger charge is 2.30. The van der Waals surface area contributed by atoms with Crippen LogP contribution in [0.2, 0.25) is 0 Å². The number of fused-ring (bicyclic) bond motifs is 1. The highest BCUT2D eigenvalue weighted by Crippen LogP contribution is 2.34. The summed E-state index contributed by atoms with van der Waals surface area (Å²) in [5, 5.41) is 10.1. The van der Waals surface area contributed by atoms with Crippen LogP contribution in [-0.2, 0) is 4.79 Å². The van der Waals surface area contributed by atoms with Crippen LogP contribution in [0.5, 0.6) is 5.75 Å². The summed E-state index contributed by atoms with van der Waals surface area (Å²) in [7, 11) is 0. The van der Waals surface area contributed by atoms with Gasteiger partial charge in [0, 0.05) is 16.0 Å². The quantitative estimate of drug-likeness (QED) is 0.897. The maximum Gasteiger partial charge on any atom is 0.255 e. The molecule has 24 heavy (non-hydrogen) atoms. The average molecular weight is 343 g/mol. The summed E-state index contributed by atoms with van der Waals surface area (Å²) >= 11 is 1.55. The Morgan fingerprint density at radius 1 is 1.50 bits per heavy atom. The van der Waals surface area contributed by atoms with Crippen molar-refractivity contribution in [3.05, 3.63) is 40.6 Å². The highest BCUT2D eigenvalue weighted by molar-refractivity contribution is 8.03. The van der Waals surface area contributed by atoms with Crippen LogP contribution in [-0.4, -0.2) is 29.3 Å². The molecule has 0 bridgehead atoms. The number of rotatable bonds is 5. The van der Waals surface area contributed by atoms with Gasteiger partial charge in [-0.3, -0.25) is 4.79 Å². The van der Waals surface area contributed by atoms with Gasteiger partial charge in [0.1, 0.15) is 23.7 Å². The number of aryl methyl sites for hydroxylation is 1. The average Bonchev–Trinajstić information content (AvgIpc) is 3.08. The van der Waals surface area contributed by atoms with Crippen molar-refractivity contribution in [2.75, 3.05) is 12.5 Å². The molecule has 1 aliphatic rings. The fraction of sp³-hybridized carbons (Fsp3) is 0.294. The van der Waals surface area contributed by atoms with E-state index >= 15 is 0 Å². The molecule has 0 fully saturated rings. The number of hydrogen-bond acceptors (Lipinski definition) is 6. The van der Waals surface area contributed by atoms with E-state index in [4.69, 9.17) is 20.1 Å². The molecule has 1 amide bonds. The normalized spacial score (nSPS) is 15.6. The molecule has 7 heteroatoms. The smallest absolute Gasteiger partial charge is 0.255 e. The second kappa shape index (κ2) is 6.49. The number of ether oxygens (including phenoxy) is 1. The van der Waals surface area contributed by atoms with E-state index < -0.39 is 11.9 Å². The van der Waals surface area contributed by atoms with Gasteiger partial charge in [-0.2, -0.15) is 5.26 Å². The van der Waals surface area contributed by atoms with Crippen molar-refractivity contribution < 1.29 is 13.9 Å². The molecule has 2 heterocycles. The Morgan fingerprint density at radius 2 is 2.29 bits per heavy atom. The van der Waals surface area contributed by atoms with Gasteiger partial charge < -0.3 is 19.8 Å². The fourth-order valence-electron chi connectivity index (χ4n) is 2.60. The summed E-state index contributed by atoms with van der Waals surface area (Å²) in [6, 6.07) is 8.63. The van der Waals surface area contributed by atoms with Gasteiger partial charge in [-0.25, -0.2) is 0 Å². The van der Waals surface area contributed by atoms with E-state index in [-0.39, 0.29) is 0 Å². The lowest BCUT2D eigenvalue weighted by Crippen LogP contribution is -2.41. The van der Waals surface area contributed by atoms with E-state index in [1.807, 2.05) is 44.2 Å². The zero-order valence-corrected chi connectivity index (χ0v) is 14.2.